The number of nitrogens with one attached hydrogen (secondary N) is 1. The standard InChI is InChI=1S/C35H47ClF3N5O2/c1-21-16-28(42-44(21)32(3,4)5)41-27-17-24(34(9,10)39)30(38)26(40-27)19-35(31(45)46-33(6,7)8)14-15-43(22(2)18-35)20-23-12-11-13-25(36)29(23)37/h11-13,16-17,22H,14-15,18-20H2,1-10H3,(H,40,41,42)/t22-,35-/m1/s1. The van der Waals surface area contributed by atoms with E-state index in [0.717, 1.165) is 5.69 Å². The van der Waals surface area contributed by atoms with Crippen molar-refractivity contribution in [1.29, 1.82) is 0 Å². The molecule has 0 unspecified atom stereocenters. The van der Waals surface area contributed by atoms with Crippen molar-refractivity contribution >= 4 is 29.2 Å². The Balaban J connectivity index is 1.73. The summed E-state index contributed by atoms with van der Waals surface area (Å²) in [6, 6.07) is 7.89. The highest BCUT2D eigenvalue weighted by Gasteiger charge is 2.48. The van der Waals surface area contributed by atoms with Gasteiger partial charge in [-0.2, -0.15) is 5.10 Å². The Morgan fingerprint density at radius 2 is 1.76 bits per heavy atom. The number of ether oxygens (including phenoxy) is 1. The number of piperidine rings is 1. The molecule has 252 valence electrons. The molecule has 0 aliphatic carbocycles. The van der Waals surface area contributed by atoms with Crippen LogP contribution in [0.3, 0.4) is 0 Å². The van der Waals surface area contributed by atoms with Crippen LogP contribution in [0.1, 0.15) is 97.7 Å². The molecule has 0 radical (unpaired) electrons. The van der Waals surface area contributed by atoms with Gasteiger partial charge in [0.2, 0.25) is 0 Å². The maximum absolute atomic E-state index is 16.2. The van der Waals surface area contributed by atoms with Crippen LogP contribution < -0.4 is 5.32 Å². The van der Waals surface area contributed by atoms with Crippen molar-refractivity contribution in [2.45, 2.75) is 118 Å². The Hall–Kier alpha value is -3.11. The molecule has 2 aromatic heterocycles. The van der Waals surface area contributed by atoms with Gasteiger partial charge in [-0.15, -0.1) is 0 Å². The number of likely N-dealkylation sites (tertiary alicyclic amines) is 1. The van der Waals surface area contributed by atoms with Crippen LogP contribution in [0.4, 0.5) is 24.8 Å². The number of carbonyl (C=O) groups is 1. The summed E-state index contributed by atoms with van der Waals surface area (Å²) in [5, 5.41) is 7.83. The molecule has 46 heavy (non-hydrogen) atoms. The molecule has 3 aromatic rings. The molecular weight excluding hydrogens is 615 g/mol. The number of pyridine rings is 1. The third kappa shape index (κ3) is 8.05. The molecule has 1 N–H and O–H groups in total. The largest absolute Gasteiger partial charge is 0.460 e. The second kappa shape index (κ2) is 12.8. The second-order valence-corrected chi connectivity index (χ2v) is 15.5. The van der Waals surface area contributed by atoms with Crippen molar-refractivity contribution in [3.63, 3.8) is 0 Å². The highest BCUT2D eigenvalue weighted by Crippen LogP contribution is 2.42. The molecular formula is C35H47ClF3N5O2. The molecule has 1 aliphatic heterocycles. The minimum atomic E-state index is -2.03. The van der Waals surface area contributed by atoms with E-state index in [0.29, 0.717) is 37.3 Å². The maximum atomic E-state index is 16.2. The van der Waals surface area contributed by atoms with Gasteiger partial charge in [0, 0.05) is 41.9 Å². The molecule has 3 heterocycles. The lowest BCUT2D eigenvalue weighted by molar-refractivity contribution is -0.172. The average molecular weight is 662 g/mol. The van der Waals surface area contributed by atoms with E-state index < -0.39 is 34.3 Å². The molecule has 11 heteroatoms. The Morgan fingerprint density at radius 3 is 2.33 bits per heavy atom. The highest BCUT2D eigenvalue weighted by atomic mass is 35.5. The topological polar surface area (TPSA) is 72.3 Å². The minimum absolute atomic E-state index is 0.0369. The average Bonchev–Trinajstić information content (AvgIpc) is 3.28. The Morgan fingerprint density at radius 1 is 1.09 bits per heavy atom. The zero-order valence-corrected chi connectivity index (χ0v) is 29.4. The molecule has 1 saturated heterocycles. The van der Waals surface area contributed by atoms with Gasteiger partial charge in [0.05, 0.1) is 21.7 Å². The van der Waals surface area contributed by atoms with E-state index >= 15 is 8.78 Å². The number of rotatable bonds is 8. The fourth-order valence-electron chi connectivity index (χ4n) is 6.17. The monoisotopic (exact) mass is 661 g/mol. The summed E-state index contributed by atoms with van der Waals surface area (Å²) >= 11 is 6.02. The molecule has 4 rings (SSSR count). The number of benzene rings is 1. The lowest BCUT2D eigenvalue weighted by atomic mass is 9.71. The number of aromatic nitrogens is 3. The highest BCUT2D eigenvalue weighted by molar-refractivity contribution is 6.30. The number of aryl methyl sites for hydroxylation is 1. The number of alkyl halides is 1. The van der Waals surface area contributed by atoms with E-state index in [4.69, 9.17) is 16.3 Å². The van der Waals surface area contributed by atoms with Crippen molar-refractivity contribution in [2.75, 3.05) is 11.9 Å². The van der Waals surface area contributed by atoms with Crippen LogP contribution in [0.5, 0.6) is 0 Å². The fourth-order valence-corrected chi connectivity index (χ4v) is 6.36. The first kappa shape index (κ1) is 35.7. The van der Waals surface area contributed by atoms with Crippen LogP contribution in [0.2, 0.25) is 5.02 Å². The zero-order valence-electron chi connectivity index (χ0n) is 28.6. The maximum Gasteiger partial charge on any atom is 0.313 e. The van der Waals surface area contributed by atoms with Crippen molar-refractivity contribution < 1.29 is 22.7 Å². The molecule has 0 saturated carbocycles. The van der Waals surface area contributed by atoms with Gasteiger partial charge < -0.3 is 10.1 Å². The quantitative estimate of drug-likeness (QED) is 0.243. The third-order valence-corrected chi connectivity index (χ3v) is 8.67. The smallest absolute Gasteiger partial charge is 0.313 e. The van der Waals surface area contributed by atoms with E-state index in [1.807, 2.05) is 45.4 Å². The van der Waals surface area contributed by atoms with Gasteiger partial charge in [0.15, 0.2) is 11.6 Å². The lowest BCUT2D eigenvalue weighted by Gasteiger charge is -2.45. The number of carbonyl (C=O) groups excluding carboxylic acids is 1. The summed E-state index contributed by atoms with van der Waals surface area (Å²) in [6.07, 6.45) is 0.495. The van der Waals surface area contributed by atoms with E-state index in [1.54, 1.807) is 32.9 Å². The predicted octanol–water partition coefficient (Wildman–Crippen LogP) is 8.78. The van der Waals surface area contributed by atoms with Crippen molar-refractivity contribution in [3.8, 4) is 0 Å². The van der Waals surface area contributed by atoms with Crippen molar-refractivity contribution in [2.24, 2.45) is 5.41 Å². The summed E-state index contributed by atoms with van der Waals surface area (Å²) in [5.74, 6) is -1.04. The summed E-state index contributed by atoms with van der Waals surface area (Å²) in [7, 11) is 0. The number of anilines is 2. The number of halogens is 4. The van der Waals surface area contributed by atoms with Gasteiger partial charge in [0.1, 0.15) is 22.9 Å². The van der Waals surface area contributed by atoms with Gasteiger partial charge in [0.25, 0.3) is 0 Å². The van der Waals surface area contributed by atoms with E-state index in [2.05, 4.69) is 20.3 Å². The normalized spacial score (nSPS) is 19.7. The molecule has 2 atom stereocenters. The summed E-state index contributed by atoms with van der Waals surface area (Å²) < 4.78 is 54.2. The van der Waals surface area contributed by atoms with E-state index in [9.17, 15) is 9.18 Å². The lowest BCUT2D eigenvalue weighted by Crippen LogP contribution is -2.51. The molecule has 1 aliphatic rings. The summed E-state index contributed by atoms with van der Waals surface area (Å²) in [6.45, 7) is 18.6. The first-order valence-electron chi connectivity index (χ1n) is 15.7. The summed E-state index contributed by atoms with van der Waals surface area (Å²) in [5.41, 5.74) is -3.11. The van der Waals surface area contributed by atoms with Gasteiger partial charge in [-0.25, -0.2) is 18.2 Å². The number of hydrogen-bond donors (Lipinski definition) is 1. The van der Waals surface area contributed by atoms with Crippen LogP contribution in [-0.2, 0) is 33.7 Å². The molecule has 0 amide bonds. The molecule has 1 aromatic carbocycles. The van der Waals surface area contributed by atoms with Crippen LogP contribution in [0.15, 0.2) is 30.3 Å². The molecule has 0 spiro atoms. The van der Waals surface area contributed by atoms with Gasteiger partial charge in [-0.3, -0.25) is 14.4 Å². The molecule has 1 fully saturated rings. The predicted molar refractivity (Wildman–Crippen MR) is 176 cm³/mol. The van der Waals surface area contributed by atoms with Crippen LogP contribution in [0.25, 0.3) is 0 Å². The van der Waals surface area contributed by atoms with Gasteiger partial charge in [-0.05, 0) is 101 Å². The number of hydrogen-bond acceptors (Lipinski definition) is 6. The number of nitrogens with zero attached hydrogens (tertiary/aromatic N) is 4. The second-order valence-electron chi connectivity index (χ2n) is 15.1. The SMILES string of the molecule is Cc1cc(Nc2cc(C(C)(C)F)c(F)c(C[C@@]3(C(=O)OC(C)(C)C)CCN(Cc4cccc(Cl)c4F)[C@H](C)C3)n2)nn1C(C)(C)C. The minimum Gasteiger partial charge on any atom is -0.460 e. The first-order chi connectivity index (χ1) is 21.1. The zero-order chi connectivity index (χ0) is 34.4. The first-order valence-corrected chi connectivity index (χ1v) is 16.1. The Bertz CT molecular complexity index is 1590. The van der Waals surface area contributed by atoms with Crippen LogP contribution in [-0.4, -0.2) is 43.8 Å². The van der Waals surface area contributed by atoms with Crippen LogP contribution in [0, 0.1) is 24.0 Å². The summed E-state index contributed by atoms with van der Waals surface area (Å²) in [4.78, 5) is 20.7. The number of esters is 1. The van der Waals surface area contributed by atoms with Crippen LogP contribution >= 0.6 is 11.6 Å². The Kier molecular flexibility index (Phi) is 9.97. The Labute approximate surface area is 275 Å². The van der Waals surface area contributed by atoms with E-state index in [-0.39, 0.29) is 40.1 Å². The van der Waals surface area contributed by atoms with Crippen molar-refractivity contribution in [1.82, 2.24) is 19.7 Å². The third-order valence-electron chi connectivity index (χ3n) is 8.38. The molecule has 0 bridgehead atoms. The van der Waals surface area contributed by atoms with E-state index in [1.165, 1.54) is 26.0 Å². The van der Waals surface area contributed by atoms with Gasteiger partial charge in [-0.1, -0.05) is 23.7 Å². The van der Waals surface area contributed by atoms with Gasteiger partial charge >= 0.3 is 5.97 Å². The van der Waals surface area contributed by atoms with Crippen molar-refractivity contribution in [3.05, 3.63) is 69.5 Å². The molecule has 7 nitrogen and oxygen atoms in total. The fraction of sp³-hybridized carbons (Fsp3) is 0.571.